The van der Waals surface area contributed by atoms with Crippen LogP contribution in [-0.2, 0) is 9.53 Å². The van der Waals surface area contributed by atoms with Crippen molar-refractivity contribution in [2.45, 2.75) is 69.9 Å². The van der Waals surface area contributed by atoms with Gasteiger partial charge in [0, 0.05) is 6.54 Å². The Hall–Kier alpha value is -0.610. The lowest BCUT2D eigenvalue weighted by Crippen LogP contribution is -2.52. The van der Waals surface area contributed by atoms with Gasteiger partial charge in [0.15, 0.2) is 0 Å². The molecule has 2 fully saturated rings. The summed E-state index contributed by atoms with van der Waals surface area (Å²) in [5.41, 5.74) is 5.48. The van der Waals surface area contributed by atoms with Crippen molar-refractivity contribution in [2.75, 3.05) is 13.2 Å². The highest BCUT2D eigenvalue weighted by Gasteiger charge is 2.36. The van der Waals surface area contributed by atoms with E-state index in [1.54, 1.807) is 0 Å². The number of carbonyl (C=O) groups is 1. The quantitative estimate of drug-likeness (QED) is 0.749. The molecule has 0 aliphatic heterocycles. The van der Waals surface area contributed by atoms with Crippen LogP contribution >= 0.6 is 0 Å². The van der Waals surface area contributed by atoms with Crippen LogP contribution in [0.4, 0.5) is 0 Å². The molecule has 4 heteroatoms. The Morgan fingerprint density at radius 2 is 1.95 bits per heavy atom. The van der Waals surface area contributed by atoms with Gasteiger partial charge in [0.2, 0.25) is 5.91 Å². The minimum atomic E-state index is -0.613. The second kappa shape index (κ2) is 6.71. The fourth-order valence-corrected chi connectivity index (χ4v) is 3.31. The Kier molecular flexibility index (Phi) is 5.22. The summed E-state index contributed by atoms with van der Waals surface area (Å²) in [4.78, 5) is 12.0. The van der Waals surface area contributed by atoms with Gasteiger partial charge in [0.1, 0.15) is 0 Å². The summed E-state index contributed by atoms with van der Waals surface area (Å²) in [6.07, 6.45) is 9.18. The molecule has 4 nitrogen and oxygen atoms in total. The molecule has 1 amide bonds. The van der Waals surface area contributed by atoms with Crippen molar-refractivity contribution in [3.63, 3.8) is 0 Å². The molecule has 0 aromatic heterocycles. The van der Waals surface area contributed by atoms with Crippen LogP contribution in [0.2, 0.25) is 0 Å². The lowest BCUT2D eigenvalue weighted by molar-refractivity contribution is -0.126. The van der Waals surface area contributed by atoms with Gasteiger partial charge in [-0.15, -0.1) is 0 Å². The molecule has 2 rings (SSSR count). The number of amides is 1. The fourth-order valence-electron chi connectivity index (χ4n) is 3.31. The zero-order chi connectivity index (χ0) is 13.7. The number of nitrogens with one attached hydrogen (secondary N) is 1. The van der Waals surface area contributed by atoms with Crippen molar-refractivity contribution >= 4 is 5.91 Å². The summed E-state index contributed by atoms with van der Waals surface area (Å²) < 4.78 is 5.89. The Balaban J connectivity index is 1.62. The summed E-state index contributed by atoms with van der Waals surface area (Å²) in [5, 5.41) is 2.93. The number of hydrogen-bond acceptors (Lipinski definition) is 3. The van der Waals surface area contributed by atoms with Crippen LogP contribution in [-0.4, -0.2) is 30.7 Å². The highest BCUT2D eigenvalue weighted by Crippen LogP contribution is 2.27. The third-order valence-corrected chi connectivity index (χ3v) is 4.70. The number of carbonyl (C=O) groups excluding carboxylic acids is 1. The average Bonchev–Trinajstić information content (AvgIpc) is 2.84. The lowest BCUT2D eigenvalue weighted by Gasteiger charge is -2.29. The summed E-state index contributed by atoms with van der Waals surface area (Å²) >= 11 is 0. The van der Waals surface area contributed by atoms with E-state index in [9.17, 15) is 4.79 Å². The first-order chi connectivity index (χ1) is 9.12. The predicted octanol–water partition coefficient (Wildman–Crippen LogP) is 1.97. The SMILES string of the molecule is CC1CCCCC1OCCNC(=O)C1(N)CCCC1. The Morgan fingerprint density at radius 3 is 2.63 bits per heavy atom. The third-order valence-electron chi connectivity index (χ3n) is 4.70. The molecular weight excluding hydrogens is 240 g/mol. The molecule has 0 bridgehead atoms. The zero-order valence-corrected chi connectivity index (χ0v) is 12.1. The molecule has 2 aliphatic rings. The van der Waals surface area contributed by atoms with Crippen molar-refractivity contribution < 1.29 is 9.53 Å². The molecule has 0 aromatic carbocycles. The monoisotopic (exact) mass is 268 g/mol. The van der Waals surface area contributed by atoms with Gasteiger partial charge in [-0.25, -0.2) is 0 Å². The molecule has 0 aromatic rings. The molecule has 0 spiro atoms. The van der Waals surface area contributed by atoms with Gasteiger partial charge in [-0.2, -0.15) is 0 Å². The predicted molar refractivity (Wildman–Crippen MR) is 75.8 cm³/mol. The van der Waals surface area contributed by atoms with E-state index in [0.717, 1.165) is 32.1 Å². The fraction of sp³-hybridized carbons (Fsp3) is 0.933. The third kappa shape index (κ3) is 3.93. The van der Waals surface area contributed by atoms with Gasteiger partial charge in [-0.05, 0) is 31.6 Å². The Labute approximate surface area is 116 Å². The molecule has 0 heterocycles. The minimum Gasteiger partial charge on any atom is -0.376 e. The lowest BCUT2D eigenvalue weighted by atomic mass is 9.88. The van der Waals surface area contributed by atoms with Crippen LogP contribution in [0.25, 0.3) is 0 Å². The summed E-state index contributed by atoms with van der Waals surface area (Å²) in [6, 6.07) is 0. The van der Waals surface area contributed by atoms with Crippen LogP contribution < -0.4 is 11.1 Å². The van der Waals surface area contributed by atoms with Gasteiger partial charge in [0.25, 0.3) is 0 Å². The van der Waals surface area contributed by atoms with Crippen LogP contribution in [0, 0.1) is 5.92 Å². The van der Waals surface area contributed by atoms with Crippen molar-refractivity contribution in [3.05, 3.63) is 0 Å². The van der Waals surface area contributed by atoms with Gasteiger partial charge in [0.05, 0.1) is 18.2 Å². The van der Waals surface area contributed by atoms with E-state index in [2.05, 4.69) is 12.2 Å². The molecule has 2 unspecified atom stereocenters. The molecule has 2 atom stereocenters. The molecule has 0 saturated heterocycles. The van der Waals surface area contributed by atoms with E-state index in [-0.39, 0.29) is 5.91 Å². The smallest absolute Gasteiger partial charge is 0.240 e. The first kappa shape index (κ1) is 14.8. The first-order valence-corrected chi connectivity index (χ1v) is 7.81. The van der Waals surface area contributed by atoms with E-state index in [0.29, 0.717) is 25.2 Å². The Morgan fingerprint density at radius 1 is 1.26 bits per heavy atom. The van der Waals surface area contributed by atoms with Gasteiger partial charge in [-0.1, -0.05) is 32.6 Å². The topological polar surface area (TPSA) is 64.3 Å². The van der Waals surface area contributed by atoms with Crippen LogP contribution in [0.5, 0.6) is 0 Å². The van der Waals surface area contributed by atoms with E-state index in [1.165, 1.54) is 19.3 Å². The van der Waals surface area contributed by atoms with Crippen molar-refractivity contribution in [1.29, 1.82) is 0 Å². The number of ether oxygens (including phenoxy) is 1. The normalized spacial score (nSPS) is 30.2. The molecule has 110 valence electrons. The molecule has 19 heavy (non-hydrogen) atoms. The molecular formula is C15H28N2O2. The maximum absolute atomic E-state index is 12.0. The number of rotatable bonds is 5. The van der Waals surface area contributed by atoms with Crippen LogP contribution in [0.15, 0.2) is 0 Å². The number of hydrogen-bond donors (Lipinski definition) is 2. The summed E-state index contributed by atoms with van der Waals surface area (Å²) in [7, 11) is 0. The molecule has 2 aliphatic carbocycles. The van der Waals surface area contributed by atoms with Crippen molar-refractivity contribution in [3.8, 4) is 0 Å². The van der Waals surface area contributed by atoms with E-state index in [4.69, 9.17) is 10.5 Å². The highest BCUT2D eigenvalue weighted by molar-refractivity contribution is 5.86. The zero-order valence-electron chi connectivity index (χ0n) is 12.1. The second-order valence-corrected chi connectivity index (χ2v) is 6.29. The van der Waals surface area contributed by atoms with E-state index >= 15 is 0 Å². The van der Waals surface area contributed by atoms with Crippen molar-refractivity contribution in [1.82, 2.24) is 5.32 Å². The maximum atomic E-state index is 12.0. The van der Waals surface area contributed by atoms with E-state index < -0.39 is 5.54 Å². The number of nitrogens with two attached hydrogens (primary N) is 1. The highest BCUT2D eigenvalue weighted by atomic mass is 16.5. The van der Waals surface area contributed by atoms with E-state index in [1.807, 2.05) is 0 Å². The Bertz CT molecular complexity index is 301. The second-order valence-electron chi connectivity index (χ2n) is 6.29. The average molecular weight is 268 g/mol. The van der Waals surface area contributed by atoms with Crippen LogP contribution in [0.1, 0.15) is 58.3 Å². The van der Waals surface area contributed by atoms with Gasteiger partial charge < -0.3 is 15.8 Å². The summed E-state index contributed by atoms with van der Waals surface area (Å²) in [5.74, 6) is 0.658. The van der Waals surface area contributed by atoms with Gasteiger partial charge >= 0.3 is 0 Å². The van der Waals surface area contributed by atoms with Crippen molar-refractivity contribution in [2.24, 2.45) is 11.7 Å². The van der Waals surface area contributed by atoms with Gasteiger partial charge in [-0.3, -0.25) is 4.79 Å². The standard InChI is InChI=1S/C15H28N2O2/c1-12-6-2-3-7-13(12)19-11-10-17-14(18)15(16)8-4-5-9-15/h12-13H,2-11,16H2,1H3,(H,17,18). The molecule has 3 N–H and O–H groups in total. The van der Waals surface area contributed by atoms with Crippen LogP contribution in [0.3, 0.4) is 0 Å². The minimum absolute atomic E-state index is 0.00490. The maximum Gasteiger partial charge on any atom is 0.240 e. The first-order valence-electron chi connectivity index (χ1n) is 7.81. The largest absolute Gasteiger partial charge is 0.376 e. The molecule has 2 saturated carbocycles. The molecule has 0 radical (unpaired) electrons. The summed E-state index contributed by atoms with van der Waals surface area (Å²) in [6.45, 7) is 3.45.